The normalized spacial score (nSPS) is 16.4. The number of methoxy groups -OCH3 is 1. The Hall–Kier alpha value is -3.29. The summed E-state index contributed by atoms with van der Waals surface area (Å²) >= 11 is 0. The smallest absolute Gasteiger partial charge is 0.338 e. The molecule has 1 atom stereocenters. The van der Waals surface area contributed by atoms with Gasteiger partial charge in [-0.25, -0.2) is 14.4 Å². The second-order valence-electron chi connectivity index (χ2n) is 5.89. The summed E-state index contributed by atoms with van der Waals surface area (Å²) in [5.41, 5.74) is 1.25. The van der Waals surface area contributed by atoms with E-state index in [4.69, 9.17) is 14.2 Å². The van der Waals surface area contributed by atoms with Gasteiger partial charge in [0.15, 0.2) is 0 Å². The summed E-state index contributed by atoms with van der Waals surface area (Å²) in [4.78, 5) is 36.1. The molecule has 0 spiro atoms. The van der Waals surface area contributed by atoms with Crippen LogP contribution in [0.2, 0.25) is 0 Å². The van der Waals surface area contributed by atoms with Crippen molar-refractivity contribution in [2.24, 2.45) is 0 Å². The lowest BCUT2D eigenvalue weighted by Gasteiger charge is -2.28. The van der Waals surface area contributed by atoms with Gasteiger partial charge in [-0.05, 0) is 37.1 Å². The van der Waals surface area contributed by atoms with Crippen LogP contribution in [0.4, 0.5) is 4.79 Å². The van der Waals surface area contributed by atoms with E-state index in [0.29, 0.717) is 12.2 Å². The summed E-state index contributed by atoms with van der Waals surface area (Å²) in [7, 11) is 1.56. The molecule has 8 nitrogen and oxygen atoms in total. The zero-order chi connectivity index (χ0) is 20.5. The van der Waals surface area contributed by atoms with Crippen molar-refractivity contribution in [1.82, 2.24) is 10.6 Å². The standard InChI is InChI=1S/C20H24N2O6/c1-4-15-18(19(24)27-5-2)16(22-20(25)21-15)12-28-17(23)10-9-13-7-6-8-14(11-13)26-3/h6-11,15H,4-5,12H2,1-3H3,(H2,21,22,25)/b10-9+/t15-/m0/s1. The fraction of sp³-hybridized carbons (Fsp3) is 0.350. The quantitative estimate of drug-likeness (QED) is 0.523. The zero-order valence-corrected chi connectivity index (χ0v) is 16.1. The van der Waals surface area contributed by atoms with E-state index < -0.39 is 24.0 Å². The van der Waals surface area contributed by atoms with Crippen LogP contribution >= 0.6 is 0 Å². The molecule has 2 amide bonds. The van der Waals surface area contributed by atoms with Crippen LogP contribution in [0, 0.1) is 0 Å². The third-order valence-corrected chi connectivity index (χ3v) is 4.01. The monoisotopic (exact) mass is 388 g/mol. The molecule has 8 heteroatoms. The van der Waals surface area contributed by atoms with Crippen LogP contribution in [0.5, 0.6) is 5.75 Å². The highest BCUT2D eigenvalue weighted by molar-refractivity contribution is 5.95. The second kappa shape index (κ2) is 10.1. The lowest BCUT2D eigenvalue weighted by molar-refractivity contribution is -0.140. The summed E-state index contributed by atoms with van der Waals surface area (Å²) in [6.07, 6.45) is 3.34. The Balaban J connectivity index is 2.09. The minimum absolute atomic E-state index is 0.197. The fourth-order valence-electron chi connectivity index (χ4n) is 2.68. The third kappa shape index (κ3) is 5.60. The van der Waals surface area contributed by atoms with E-state index in [1.165, 1.54) is 6.08 Å². The Labute approximate surface area is 163 Å². The number of hydrogen-bond donors (Lipinski definition) is 2. The molecule has 0 unspecified atom stereocenters. The SMILES string of the molecule is CCOC(=O)C1=C(COC(=O)/C=C/c2cccc(OC)c2)NC(=O)N[C@H]1CC. The number of rotatable bonds is 8. The average Bonchev–Trinajstić information content (AvgIpc) is 2.70. The molecule has 0 aliphatic carbocycles. The van der Waals surface area contributed by atoms with Crippen molar-refractivity contribution in [3.05, 3.63) is 47.2 Å². The first-order chi connectivity index (χ1) is 13.5. The van der Waals surface area contributed by atoms with Crippen LogP contribution in [-0.2, 0) is 19.1 Å². The minimum atomic E-state index is -0.612. The van der Waals surface area contributed by atoms with Gasteiger partial charge >= 0.3 is 18.0 Å². The molecule has 1 aliphatic rings. The lowest BCUT2D eigenvalue weighted by Crippen LogP contribution is -2.51. The highest BCUT2D eigenvalue weighted by Gasteiger charge is 2.31. The summed E-state index contributed by atoms with van der Waals surface area (Å²) in [6.45, 7) is 3.47. The molecule has 0 radical (unpaired) electrons. The molecule has 0 aromatic heterocycles. The number of carbonyl (C=O) groups excluding carboxylic acids is 3. The molecular formula is C20H24N2O6. The molecule has 0 fully saturated rings. The maximum Gasteiger partial charge on any atom is 0.338 e. The van der Waals surface area contributed by atoms with Crippen molar-refractivity contribution in [1.29, 1.82) is 0 Å². The van der Waals surface area contributed by atoms with Crippen molar-refractivity contribution in [2.75, 3.05) is 20.3 Å². The minimum Gasteiger partial charge on any atom is -0.497 e. The summed E-state index contributed by atoms with van der Waals surface area (Å²) < 4.78 is 15.4. The molecule has 150 valence electrons. The first-order valence-corrected chi connectivity index (χ1v) is 8.95. The zero-order valence-electron chi connectivity index (χ0n) is 16.1. The average molecular weight is 388 g/mol. The van der Waals surface area contributed by atoms with Crippen molar-refractivity contribution >= 4 is 24.0 Å². The van der Waals surface area contributed by atoms with Crippen LogP contribution in [0.3, 0.4) is 0 Å². The number of hydrogen-bond acceptors (Lipinski definition) is 6. The number of urea groups is 1. The van der Waals surface area contributed by atoms with Crippen molar-refractivity contribution in [2.45, 2.75) is 26.3 Å². The number of nitrogens with one attached hydrogen (secondary N) is 2. The van der Waals surface area contributed by atoms with E-state index in [2.05, 4.69) is 10.6 Å². The Kier molecular flexibility index (Phi) is 7.62. The molecule has 1 aromatic carbocycles. The van der Waals surface area contributed by atoms with Gasteiger partial charge in [-0.1, -0.05) is 19.1 Å². The summed E-state index contributed by atoms with van der Waals surface area (Å²) in [6, 6.07) is 6.21. The maximum absolute atomic E-state index is 12.3. The summed E-state index contributed by atoms with van der Waals surface area (Å²) in [5.74, 6) is -0.498. The molecule has 0 saturated carbocycles. The molecule has 2 N–H and O–H groups in total. The third-order valence-electron chi connectivity index (χ3n) is 4.01. The summed E-state index contributed by atoms with van der Waals surface area (Å²) in [5, 5.41) is 5.18. The first-order valence-electron chi connectivity index (χ1n) is 8.95. The van der Waals surface area contributed by atoms with Crippen molar-refractivity contribution in [3.63, 3.8) is 0 Å². The molecule has 1 aromatic rings. The largest absolute Gasteiger partial charge is 0.497 e. The molecule has 0 saturated heterocycles. The fourth-order valence-corrected chi connectivity index (χ4v) is 2.68. The number of carbonyl (C=O) groups is 3. The lowest BCUT2D eigenvalue weighted by atomic mass is 10.0. The van der Waals surface area contributed by atoms with E-state index in [9.17, 15) is 14.4 Å². The number of esters is 2. The molecule has 1 aliphatic heterocycles. The Morgan fingerprint density at radius 1 is 1.21 bits per heavy atom. The van der Waals surface area contributed by atoms with Crippen molar-refractivity contribution in [3.8, 4) is 5.75 Å². The van der Waals surface area contributed by atoms with Gasteiger partial charge in [-0.3, -0.25) is 0 Å². The molecule has 2 rings (SSSR count). The van der Waals surface area contributed by atoms with E-state index in [0.717, 1.165) is 5.56 Å². The van der Waals surface area contributed by atoms with E-state index in [1.807, 2.05) is 13.0 Å². The second-order valence-corrected chi connectivity index (χ2v) is 5.89. The van der Waals surface area contributed by atoms with Gasteiger partial charge in [0.1, 0.15) is 12.4 Å². The van der Waals surface area contributed by atoms with E-state index in [-0.39, 0.29) is 24.5 Å². The molecular weight excluding hydrogens is 364 g/mol. The van der Waals surface area contributed by atoms with Gasteiger partial charge in [0.2, 0.25) is 0 Å². The van der Waals surface area contributed by atoms with Crippen LogP contribution in [0.1, 0.15) is 25.8 Å². The van der Waals surface area contributed by atoms with Gasteiger partial charge in [0.05, 0.1) is 31.0 Å². The molecule has 28 heavy (non-hydrogen) atoms. The number of benzene rings is 1. The van der Waals surface area contributed by atoms with Gasteiger partial charge in [0.25, 0.3) is 0 Å². The van der Waals surface area contributed by atoms with E-state index in [1.54, 1.807) is 38.3 Å². The van der Waals surface area contributed by atoms with Crippen LogP contribution in [0.25, 0.3) is 6.08 Å². The maximum atomic E-state index is 12.3. The predicted molar refractivity (Wildman–Crippen MR) is 102 cm³/mol. The topological polar surface area (TPSA) is 103 Å². The number of ether oxygens (including phenoxy) is 3. The molecule has 1 heterocycles. The first kappa shape index (κ1) is 21.0. The van der Waals surface area contributed by atoms with Crippen LogP contribution < -0.4 is 15.4 Å². The van der Waals surface area contributed by atoms with Gasteiger partial charge in [0, 0.05) is 6.08 Å². The highest BCUT2D eigenvalue weighted by atomic mass is 16.5. The van der Waals surface area contributed by atoms with E-state index >= 15 is 0 Å². The Bertz CT molecular complexity index is 800. The van der Waals surface area contributed by atoms with Gasteiger partial charge in [-0.15, -0.1) is 0 Å². The van der Waals surface area contributed by atoms with Crippen LogP contribution in [-0.4, -0.2) is 44.3 Å². The predicted octanol–water partition coefficient (Wildman–Crippen LogP) is 2.16. The Morgan fingerprint density at radius 2 is 2.00 bits per heavy atom. The Morgan fingerprint density at radius 3 is 2.68 bits per heavy atom. The highest BCUT2D eigenvalue weighted by Crippen LogP contribution is 2.18. The van der Waals surface area contributed by atoms with Gasteiger partial charge < -0.3 is 24.8 Å². The van der Waals surface area contributed by atoms with Crippen LogP contribution in [0.15, 0.2) is 41.6 Å². The van der Waals surface area contributed by atoms with Crippen molar-refractivity contribution < 1.29 is 28.6 Å². The number of amides is 2. The van der Waals surface area contributed by atoms with Gasteiger partial charge in [-0.2, -0.15) is 0 Å². The molecule has 0 bridgehead atoms.